The van der Waals surface area contributed by atoms with Gasteiger partial charge in [0.2, 0.25) is 5.95 Å². The van der Waals surface area contributed by atoms with Crippen molar-refractivity contribution in [2.75, 3.05) is 0 Å². The van der Waals surface area contributed by atoms with Crippen LogP contribution in [0.1, 0.15) is 52.6 Å². The van der Waals surface area contributed by atoms with Gasteiger partial charge in [-0.25, -0.2) is 9.18 Å². The van der Waals surface area contributed by atoms with E-state index in [0.29, 0.717) is 30.0 Å². The number of hydrogen-bond acceptors (Lipinski definition) is 3. The molecule has 1 fully saturated rings. The maximum atomic E-state index is 14.7. The number of nitrogens with zero attached hydrogens (tertiary/aromatic N) is 2. The number of rotatable bonds is 6. The number of allylic oxidation sites excluding steroid dienone is 1. The lowest BCUT2D eigenvalue weighted by Gasteiger charge is -2.33. The van der Waals surface area contributed by atoms with Gasteiger partial charge < -0.3 is 5.11 Å². The summed E-state index contributed by atoms with van der Waals surface area (Å²) in [7, 11) is 0. The lowest BCUT2D eigenvalue weighted by atomic mass is 9.71. The van der Waals surface area contributed by atoms with E-state index in [1.807, 2.05) is 6.07 Å². The van der Waals surface area contributed by atoms with Gasteiger partial charge in [-0.3, -0.25) is 5.10 Å². The highest BCUT2D eigenvalue weighted by Gasteiger charge is 2.38. The molecule has 1 heterocycles. The quantitative estimate of drug-likeness (QED) is 0.147. The molecule has 0 spiro atoms. The van der Waals surface area contributed by atoms with E-state index in [4.69, 9.17) is 5.11 Å². The number of carboxylic acid groups (broad SMARTS) is 1. The van der Waals surface area contributed by atoms with Gasteiger partial charge in [0.15, 0.2) is 0 Å². The molecule has 0 amide bonds. The maximum absolute atomic E-state index is 14.7. The third-order valence-corrected chi connectivity index (χ3v) is 7.04. The number of nitrogens with one attached hydrogen (secondary N) is 1. The first-order chi connectivity index (χ1) is 19.1. The zero-order valence-electron chi connectivity index (χ0n) is 20.7. The predicted octanol–water partition coefficient (Wildman–Crippen LogP) is 7.59. The molecule has 0 saturated heterocycles. The van der Waals surface area contributed by atoms with Crippen LogP contribution >= 0.6 is 0 Å². The Morgan fingerprint density at radius 1 is 1.05 bits per heavy atom. The van der Waals surface area contributed by atoms with Crippen molar-refractivity contribution >= 4 is 34.1 Å². The first kappa shape index (κ1) is 26.8. The van der Waals surface area contributed by atoms with E-state index in [1.165, 1.54) is 18.2 Å². The Kier molecular flexibility index (Phi) is 6.98. The van der Waals surface area contributed by atoms with Gasteiger partial charge >= 0.3 is 12.1 Å². The first-order valence-corrected chi connectivity index (χ1v) is 12.3. The van der Waals surface area contributed by atoms with Crippen LogP contribution in [0, 0.1) is 29.0 Å². The Morgan fingerprint density at radius 2 is 1.75 bits per heavy atom. The molecule has 0 bridgehead atoms. The van der Waals surface area contributed by atoms with Gasteiger partial charge in [0.05, 0.1) is 22.0 Å². The van der Waals surface area contributed by atoms with E-state index in [2.05, 4.69) is 10.2 Å². The average molecular weight is 549 g/mol. The number of aliphatic carboxylic acids is 1. The molecule has 0 radical (unpaired) electrons. The van der Waals surface area contributed by atoms with Crippen molar-refractivity contribution in [3.63, 3.8) is 0 Å². The lowest BCUT2D eigenvalue weighted by Crippen LogP contribution is -2.19. The third-order valence-electron chi connectivity index (χ3n) is 7.04. The summed E-state index contributed by atoms with van der Waals surface area (Å²) in [6.07, 6.45) is -0.667. The monoisotopic (exact) mass is 549 g/mol. The van der Waals surface area contributed by atoms with Crippen LogP contribution in [0.25, 0.3) is 28.1 Å². The minimum Gasteiger partial charge on any atom is -0.478 e. The summed E-state index contributed by atoms with van der Waals surface area (Å²) in [6, 6.07) is 13.9. The van der Waals surface area contributed by atoms with Crippen molar-refractivity contribution in [3.05, 3.63) is 106 Å². The number of alkyl halides is 3. The molecule has 5 nitrogen and oxygen atoms in total. The number of aromatic nitrogens is 2. The molecule has 0 atom stereocenters. The van der Waals surface area contributed by atoms with Crippen LogP contribution in [0.15, 0.2) is 60.7 Å². The van der Waals surface area contributed by atoms with Crippen molar-refractivity contribution in [3.8, 4) is 6.07 Å². The molecular formula is C30H20F5N3O2. The second kappa shape index (κ2) is 10.4. The number of carboxylic acids is 1. The fourth-order valence-electron chi connectivity index (χ4n) is 5.02. The number of hydrogen-bond donors (Lipinski definition) is 2. The number of aromatic amines is 1. The fraction of sp³-hybridized carbons (Fsp3) is 0.167. The number of H-pyrrole nitrogens is 1. The van der Waals surface area contributed by atoms with Gasteiger partial charge in [-0.15, -0.1) is 0 Å². The van der Waals surface area contributed by atoms with E-state index in [1.54, 1.807) is 24.3 Å². The topological polar surface area (TPSA) is 89.8 Å². The van der Waals surface area contributed by atoms with Gasteiger partial charge in [-0.1, -0.05) is 42.8 Å². The lowest BCUT2D eigenvalue weighted by molar-refractivity contribution is -0.138. The van der Waals surface area contributed by atoms with Crippen molar-refractivity contribution in [1.29, 1.82) is 5.26 Å². The maximum Gasteiger partial charge on any atom is 0.417 e. The normalized spacial score (nSPS) is 14.7. The Hall–Kier alpha value is -4.78. The number of nitriles is 1. The highest BCUT2D eigenvalue weighted by Crippen LogP contribution is 2.49. The van der Waals surface area contributed by atoms with Gasteiger partial charge in [-0.2, -0.15) is 27.9 Å². The largest absolute Gasteiger partial charge is 0.478 e. The van der Waals surface area contributed by atoms with Crippen LogP contribution in [0.4, 0.5) is 22.0 Å². The third kappa shape index (κ3) is 4.98. The Morgan fingerprint density at radius 3 is 2.35 bits per heavy atom. The summed E-state index contributed by atoms with van der Waals surface area (Å²) in [4.78, 5) is 10.9. The molecule has 4 aromatic rings. The van der Waals surface area contributed by atoms with Gasteiger partial charge in [0.1, 0.15) is 11.9 Å². The standard InChI is InChI=1S/C30H20F5N3O2/c31-19-9-10-21(23(14-19)30(33,34)35)27(17-2-1-3-17)26(18-7-4-16(5-8-18)6-13-25(39)40)20-11-12-24-28(22(20)15-36)29(32)38-37-24/h4-14,17H,1-3H2,(H,37,38)(H,39,40). The molecular weight excluding hydrogens is 529 g/mol. The summed E-state index contributed by atoms with van der Waals surface area (Å²) in [5.74, 6) is -3.39. The highest BCUT2D eigenvalue weighted by molar-refractivity contribution is 6.04. The Labute approximate surface area is 224 Å². The van der Waals surface area contributed by atoms with Crippen molar-refractivity contribution in [2.24, 2.45) is 5.92 Å². The number of fused-ring (bicyclic) bond motifs is 1. The van der Waals surface area contributed by atoms with Crippen LogP contribution in [-0.4, -0.2) is 21.3 Å². The van der Waals surface area contributed by atoms with Gasteiger partial charge in [-0.05, 0) is 70.9 Å². The molecule has 1 saturated carbocycles. The van der Waals surface area contributed by atoms with Crippen molar-refractivity contribution in [2.45, 2.75) is 25.4 Å². The summed E-state index contributed by atoms with van der Waals surface area (Å²) < 4.78 is 71.6. The highest BCUT2D eigenvalue weighted by atomic mass is 19.4. The minimum absolute atomic E-state index is 0.0957. The fourth-order valence-corrected chi connectivity index (χ4v) is 5.02. The molecule has 3 aromatic carbocycles. The van der Waals surface area contributed by atoms with Crippen LogP contribution < -0.4 is 0 Å². The van der Waals surface area contributed by atoms with Crippen LogP contribution in [0.5, 0.6) is 0 Å². The second-order valence-corrected chi connectivity index (χ2v) is 9.43. The van der Waals surface area contributed by atoms with Crippen LogP contribution in [0.2, 0.25) is 0 Å². The molecule has 1 aliphatic rings. The van der Waals surface area contributed by atoms with Crippen molar-refractivity contribution in [1.82, 2.24) is 10.2 Å². The van der Waals surface area contributed by atoms with E-state index >= 15 is 0 Å². The molecule has 5 rings (SSSR count). The summed E-state index contributed by atoms with van der Waals surface area (Å²) in [6.45, 7) is 0. The Bertz CT molecular complexity index is 1720. The van der Waals surface area contributed by atoms with E-state index in [0.717, 1.165) is 24.6 Å². The van der Waals surface area contributed by atoms with Crippen LogP contribution in [-0.2, 0) is 11.0 Å². The molecule has 1 aromatic heterocycles. The molecule has 1 aliphatic carbocycles. The van der Waals surface area contributed by atoms with Crippen molar-refractivity contribution < 1.29 is 31.9 Å². The zero-order valence-corrected chi connectivity index (χ0v) is 20.7. The number of halogens is 5. The minimum atomic E-state index is -4.87. The summed E-state index contributed by atoms with van der Waals surface area (Å²) in [5, 5.41) is 25.0. The summed E-state index contributed by atoms with van der Waals surface area (Å²) >= 11 is 0. The number of carbonyl (C=O) groups is 1. The predicted molar refractivity (Wildman–Crippen MR) is 139 cm³/mol. The van der Waals surface area contributed by atoms with E-state index in [9.17, 15) is 32.0 Å². The van der Waals surface area contributed by atoms with Gasteiger partial charge in [0.25, 0.3) is 0 Å². The number of benzene rings is 3. The molecule has 202 valence electrons. The second-order valence-electron chi connectivity index (χ2n) is 9.43. The first-order valence-electron chi connectivity index (χ1n) is 12.3. The molecule has 2 N–H and O–H groups in total. The molecule has 0 aliphatic heterocycles. The smallest absolute Gasteiger partial charge is 0.417 e. The zero-order chi connectivity index (χ0) is 28.6. The van der Waals surface area contributed by atoms with Gasteiger partial charge in [0, 0.05) is 11.6 Å². The molecule has 10 heteroatoms. The van der Waals surface area contributed by atoms with E-state index < -0.39 is 29.5 Å². The SMILES string of the molecule is N#Cc1c(C(=C(c2ccc(F)cc2C(F)(F)F)C2CCC2)c2ccc(C=CC(=O)O)cc2)ccc2n[nH]c(F)c12. The molecule has 0 unspecified atom stereocenters. The Balaban J connectivity index is 1.89. The average Bonchev–Trinajstić information content (AvgIpc) is 3.27. The summed E-state index contributed by atoms with van der Waals surface area (Å²) in [5.41, 5.74) is 0.375. The molecule has 40 heavy (non-hydrogen) atoms. The van der Waals surface area contributed by atoms with E-state index in [-0.39, 0.29) is 44.7 Å². The van der Waals surface area contributed by atoms with Crippen LogP contribution in [0.3, 0.4) is 0 Å².